The van der Waals surface area contributed by atoms with E-state index in [9.17, 15) is 13.2 Å². The van der Waals surface area contributed by atoms with Gasteiger partial charge in [0.05, 0.1) is 30.9 Å². The Morgan fingerprint density at radius 2 is 1.69 bits per heavy atom. The van der Waals surface area contributed by atoms with Crippen LogP contribution < -0.4 is 10.1 Å². The van der Waals surface area contributed by atoms with Crippen molar-refractivity contribution in [3.8, 4) is 22.7 Å². The Balaban J connectivity index is 1.64. The maximum atomic E-state index is 13.4. The Kier molecular flexibility index (Phi) is 8.80. The summed E-state index contributed by atoms with van der Waals surface area (Å²) in [5, 5.41) is 2.83. The predicted molar refractivity (Wildman–Crippen MR) is 151 cm³/mol. The Bertz CT molecular complexity index is 1530. The van der Waals surface area contributed by atoms with Gasteiger partial charge < -0.3 is 9.47 Å². The van der Waals surface area contributed by atoms with Gasteiger partial charge in [-0.3, -0.25) is 14.7 Å². The lowest BCUT2D eigenvalue weighted by Gasteiger charge is -2.21. The van der Waals surface area contributed by atoms with E-state index in [0.29, 0.717) is 11.4 Å². The third kappa shape index (κ3) is 6.54. The van der Waals surface area contributed by atoms with Crippen LogP contribution in [0.3, 0.4) is 0 Å². The van der Waals surface area contributed by atoms with Gasteiger partial charge >= 0.3 is 0 Å². The second-order valence-corrected chi connectivity index (χ2v) is 10.9. The number of nitrogens with zero attached hydrogens (tertiary/aromatic N) is 3. The topological polar surface area (TPSA) is 103 Å². The molecule has 4 aromatic rings. The largest absolute Gasteiger partial charge is 0.497 e. The van der Waals surface area contributed by atoms with Crippen LogP contribution in [0.15, 0.2) is 83.9 Å². The van der Waals surface area contributed by atoms with Crippen molar-refractivity contribution in [2.75, 3.05) is 39.2 Å². The number of benzene rings is 3. The van der Waals surface area contributed by atoms with Crippen LogP contribution in [0.25, 0.3) is 16.9 Å². The molecule has 0 aliphatic carbocycles. The first-order chi connectivity index (χ1) is 18.7. The number of rotatable bonds is 11. The van der Waals surface area contributed by atoms with Crippen molar-refractivity contribution in [2.24, 2.45) is 0 Å². The molecule has 0 aliphatic heterocycles. The molecule has 0 aliphatic rings. The summed E-state index contributed by atoms with van der Waals surface area (Å²) in [5.74, 6) is 0.289. The van der Waals surface area contributed by atoms with E-state index in [1.165, 1.54) is 26.4 Å². The minimum Gasteiger partial charge on any atom is -0.497 e. The van der Waals surface area contributed by atoms with E-state index in [1.54, 1.807) is 16.7 Å². The highest BCUT2D eigenvalue weighted by Crippen LogP contribution is 2.26. The quantitative estimate of drug-likeness (QED) is 0.297. The lowest BCUT2D eigenvalue weighted by atomic mass is 10.1. The van der Waals surface area contributed by atoms with Crippen LogP contribution in [0.5, 0.6) is 5.75 Å². The zero-order chi connectivity index (χ0) is 28.0. The van der Waals surface area contributed by atoms with Gasteiger partial charge in [-0.05, 0) is 61.4 Å². The van der Waals surface area contributed by atoms with Crippen molar-refractivity contribution in [1.82, 2.24) is 13.9 Å². The smallest absolute Gasteiger partial charge is 0.243 e. The van der Waals surface area contributed by atoms with Crippen LogP contribution in [-0.2, 0) is 19.6 Å². The zero-order valence-electron chi connectivity index (χ0n) is 22.4. The molecule has 3 aromatic carbocycles. The van der Waals surface area contributed by atoms with Crippen LogP contribution in [-0.4, -0.2) is 62.1 Å². The van der Waals surface area contributed by atoms with E-state index in [2.05, 4.69) is 10.3 Å². The molecule has 0 bridgehead atoms. The van der Waals surface area contributed by atoms with Gasteiger partial charge in [-0.2, -0.15) is 4.31 Å². The van der Waals surface area contributed by atoms with Gasteiger partial charge in [0.1, 0.15) is 5.75 Å². The molecular weight excluding hydrogens is 516 g/mol. The van der Waals surface area contributed by atoms with E-state index in [0.717, 1.165) is 26.7 Å². The third-order valence-corrected chi connectivity index (χ3v) is 8.22. The first-order valence-electron chi connectivity index (χ1n) is 12.4. The summed E-state index contributed by atoms with van der Waals surface area (Å²) < 4.78 is 39.9. The standard InChI is InChI=1S/C29H32N4O5S/c1-21-10-11-24(18-22(21)2)33-19-27(23-8-6-5-7-9-23)30-29(33)31-28(34)20-32(16-17-37-3)39(35,36)26-14-12-25(38-4)13-15-26/h5-15,18-19H,16-17,20H2,1-4H3,(H,30,31,34). The van der Waals surface area contributed by atoms with Crippen LogP contribution >= 0.6 is 0 Å². The summed E-state index contributed by atoms with van der Waals surface area (Å²) in [6, 6.07) is 21.6. The molecule has 0 saturated carbocycles. The van der Waals surface area contributed by atoms with Gasteiger partial charge in [-0.15, -0.1) is 0 Å². The van der Waals surface area contributed by atoms with E-state index in [-0.39, 0.29) is 24.0 Å². The molecule has 204 valence electrons. The average Bonchev–Trinajstić information content (AvgIpc) is 3.36. The molecule has 0 atom stereocenters. The number of carbonyl (C=O) groups excluding carboxylic acids is 1. The normalized spacial score (nSPS) is 11.5. The molecule has 1 aromatic heterocycles. The van der Waals surface area contributed by atoms with E-state index in [4.69, 9.17) is 9.47 Å². The van der Waals surface area contributed by atoms with Crippen LogP contribution in [0.2, 0.25) is 0 Å². The Morgan fingerprint density at radius 1 is 0.974 bits per heavy atom. The highest BCUT2D eigenvalue weighted by molar-refractivity contribution is 7.89. The molecule has 0 saturated heterocycles. The molecule has 1 N–H and O–H groups in total. The number of hydrogen-bond donors (Lipinski definition) is 1. The number of nitrogens with one attached hydrogen (secondary N) is 1. The van der Waals surface area contributed by atoms with E-state index >= 15 is 0 Å². The van der Waals surface area contributed by atoms with Crippen molar-refractivity contribution in [3.05, 3.63) is 90.1 Å². The molecule has 4 rings (SSSR count). The van der Waals surface area contributed by atoms with Gasteiger partial charge in [0.25, 0.3) is 0 Å². The van der Waals surface area contributed by atoms with Gasteiger partial charge in [0.2, 0.25) is 21.9 Å². The van der Waals surface area contributed by atoms with Crippen molar-refractivity contribution in [3.63, 3.8) is 0 Å². The van der Waals surface area contributed by atoms with Gasteiger partial charge in [-0.25, -0.2) is 13.4 Å². The minimum atomic E-state index is -3.99. The summed E-state index contributed by atoms with van der Waals surface area (Å²) in [7, 11) is -1.01. The summed E-state index contributed by atoms with van der Waals surface area (Å²) in [6.07, 6.45) is 1.85. The fraction of sp³-hybridized carbons (Fsp3) is 0.241. The Morgan fingerprint density at radius 3 is 2.33 bits per heavy atom. The number of aromatic nitrogens is 2. The molecular formula is C29H32N4O5S. The number of imidazole rings is 1. The van der Waals surface area contributed by atoms with Crippen molar-refractivity contribution in [2.45, 2.75) is 18.7 Å². The number of ether oxygens (including phenoxy) is 2. The molecule has 0 fully saturated rings. The number of aryl methyl sites for hydroxylation is 2. The Hall–Kier alpha value is -3.99. The van der Waals surface area contributed by atoms with Gasteiger partial charge in [0, 0.05) is 31.1 Å². The zero-order valence-corrected chi connectivity index (χ0v) is 23.2. The molecule has 0 unspecified atom stereocenters. The molecule has 0 radical (unpaired) electrons. The Labute approximate surface area is 229 Å². The molecule has 10 heteroatoms. The number of sulfonamides is 1. The fourth-order valence-electron chi connectivity index (χ4n) is 3.99. The summed E-state index contributed by atoms with van der Waals surface area (Å²) in [4.78, 5) is 18.0. The second-order valence-electron chi connectivity index (χ2n) is 9.01. The fourth-order valence-corrected chi connectivity index (χ4v) is 5.37. The summed E-state index contributed by atoms with van der Waals surface area (Å²) in [5.41, 5.74) is 4.62. The molecule has 1 amide bonds. The number of amides is 1. The minimum absolute atomic E-state index is 0.000848. The van der Waals surface area contributed by atoms with Gasteiger partial charge in [0.15, 0.2) is 0 Å². The molecule has 0 spiro atoms. The van der Waals surface area contributed by atoms with E-state index in [1.807, 2.05) is 68.6 Å². The predicted octanol–water partition coefficient (Wildman–Crippen LogP) is 4.44. The van der Waals surface area contributed by atoms with Crippen LogP contribution in [0, 0.1) is 13.8 Å². The lowest BCUT2D eigenvalue weighted by molar-refractivity contribution is -0.116. The van der Waals surface area contributed by atoms with Crippen molar-refractivity contribution in [1.29, 1.82) is 0 Å². The number of carbonyl (C=O) groups is 1. The van der Waals surface area contributed by atoms with E-state index < -0.39 is 22.5 Å². The molecule has 1 heterocycles. The molecule has 39 heavy (non-hydrogen) atoms. The average molecular weight is 549 g/mol. The number of methoxy groups -OCH3 is 2. The maximum Gasteiger partial charge on any atom is 0.243 e. The summed E-state index contributed by atoms with van der Waals surface area (Å²) in [6.45, 7) is 3.75. The second kappa shape index (κ2) is 12.2. The lowest BCUT2D eigenvalue weighted by Crippen LogP contribution is -2.40. The summed E-state index contributed by atoms with van der Waals surface area (Å²) >= 11 is 0. The van der Waals surface area contributed by atoms with Gasteiger partial charge in [-0.1, -0.05) is 36.4 Å². The highest BCUT2D eigenvalue weighted by Gasteiger charge is 2.27. The number of anilines is 1. The molecule has 9 nitrogen and oxygen atoms in total. The monoisotopic (exact) mass is 548 g/mol. The number of hydrogen-bond acceptors (Lipinski definition) is 6. The SMILES string of the molecule is COCCN(CC(=O)Nc1nc(-c2ccccc2)cn1-c1ccc(C)c(C)c1)S(=O)(=O)c1ccc(OC)cc1. The highest BCUT2D eigenvalue weighted by atomic mass is 32.2. The first-order valence-corrected chi connectivity index (χ1v) is 13.8. The van der Waals surface area contributed by atoms with Crippen LogP contribution in [0.4, 0.5) is 5.95 Å². The first kappa shape index (κ1) is 28.0. The third-order valence-electron chi connectivity index (χ3n) is 6.36. The van der Waals surface area contributed by atoms with Crippen molar-refractivity contribution >= 4 is 21.9 Å². The van der Waals surface area contributed by atoms with Crippen LogP contribution in [0.1, 0.15) is 11.1 Å². The maximum absolute atomic E-state index is 13.4. The van der Waals surface area contributed by atoms with Crippen molar-refractivity contribution < 1.29 is 22.7 Å².